The second-order valence-electron chi connectivity index (χ2n) is 9.12. The molecule has 8 heteroatoms. The van der Waals surface area contributed by atoms with Crippen LogP contribution in [0.1, 0.15) is 45.1 Å². The van der Waals surface area contributed by atoms with Crippen LogP contribution in [-0.4, -0.2) is 29.9 Å². The van der Waals surface area contributed by atoms with Crippen molar-refractivity contribution in [1.29, 1.82) is 0 Å². The number of carbonyl (C=O) groups is 1. The Labute approximate surface area is 222 Å². The molecule has 0 saturated heterocycles. The van der Waals surface area contributed by atoms with E-state index in [4.69, 9.17) is 14.5 Å². The Hall–Kier alpha value is -4.43. The molecule has 0 spiro atoms. The molecule has 0 radical (unpaired) electrons. The molecule has 2 heterocycles. The molecule has 190 valence electrons. The number of carboxylic acids is 1. The van der Waals surface area contributed by atoms with E-state index >= 15 is 0 Å². The number of carboxylic acid groups (broad SMARTS) is 1. The number of aromatic nitrogens is 1. The summed E-state index contributed by atoms with van der Waals surface area (Å²) in [5.41, 5.74) is 5.92. The number of methoxy groups -OCH3 is 2. The SMILES string of the molecule is COc1cccc(C2C3=C(N=c4sc(=Cc5ccc(C(=O)O)cc5)c(=O)n42)c2ccccc2CC3)c1OC. The Morgan fingerprint density at radius 1 is 1.03 bits per heavy atom. The minimum absolute atomic E-state index is 0.156. The Morgan fingerprint density at radius 3 is 2.55 bits per heavy atom. The first-order valence-corrected chi connectivity index (χ1v) is 13.0. The number of rotatable bonds is 5. The van der Waals surface area contributed by atoms with Crippen molar-refractivity contribution in [2.45, 2.75) is 18.9 Å². The number of para-hydroxylation sites is 1. The summed E-state index contributed by atoms with van der Waals surface area (Å²) < 4.78 is 13.7. The zero-order valence-corrected chi connectivity index (χ0v) is 21.6. The average molecular weight is 525 g/mol. The van der Waals surface area contributed by atoms with Gasteiger partial charge in [0, 0.05) is 11.1 Å². The van der Waals surface area contributed by atoms with Crippen molar-refractivity contribution in [3.63, 3.8) is 0 Å². The fraction of sp³-hybridized carbons (Fsp3) is 0.167. The van der Waals surface area contributed by atoms with Gasteiger partial charge >= 0.3 is 5.97 Å². The molecule has 1 atom stereocenters. The summed E-state index contributed by atoms with van der Waals surface area (Å²) in [6, 6.07) is 20.1. The Morgan fingerprint density at radius 2 is 1.82 bits per heavy atom. The fourth-order valence-corrected chi connectivity index (χ4v) is 6.30. The fourth-order valence-electron chi connectivity index (χ4n) is 5.30. The van der Waals surface area contributed by atoms with Crippen LogP contribution in [0.5, 0.6) is 11.5 Å². The van der Waals surface area contributed by atoms with Gasteiger partial charge in [0.2, 0.25) is 0 Å². The van der Waals surface area contributed by atoms with Gasteiger partial charge in [-0.25, -0.2) is 9.79 Å². The van der Waals surface area contributed by atoms with E-state index in [2.05, 4.69) is 12.1 Å². The van der Waals surface area contributed by atoms with E-state index in [0.717, 1.165) is 40.8 Å². The largest absolute Gasteiger partial charge is 0.493 e. The maximum atomic E-state index is 13.9. The first-order chi connectivity index (χ1) is 18.5. The van der Waals surface area contributed by atoms with Gasteiger partial charge in [-0.05, 0) is 53.8 Å². The minimum atomic E-state index is -0.992. The van der Waals surface area contributed by atoms with Gasteiger partial charge in [0.05, 0.1) is 36.1 Å². The molecule has 0 saturated carbocycles. The number of fused-ring (bicyclic) bond motifs is 3. The molecule has 38 heavy (non-hydrogen) atoms. The first-order valence-electron chi connectivity index (χ1n) is 12.2. The highest BCUT2D eigenvalue weighted by molar-refractivity contribution is 7.07. The number of hydrogen-bond donors (Lipinski definition) is 1. The van der Waals surface area contributed by atoms with Gasteiger partial charge in [0.15, 0.2) is 16.3 Å². The molecule has 1 N–H and O–H groups in total. The van der Waals surface area contributed by atoms with Crippen LogP contribution >= 0.6 is 11.3 Å². The number of benzene rings is 3. The normalized spacial score (nSPS) is 16.3. The maximum absolute atomic E-state index is 13.9. The monoisotopic (exact) mass is 524 g/mol. The molecular weight excluding hydrogens is 500 g/mol. The molecule has 1 unspecified atom stereocenters. The lowest BCUT2D eigenvalue weighted by molar-refractivity contribution is 0.0697. The highest BCUT2D eigenvalue weighted by atomic mass is 32.1. The van der Waals surface area contributed by atoms with Crippen molar-refractivity contribution in [1.82, 2.24) is 4.57 Å². The summed E-state index contributed by atoms with van der Waals surface area (Å²) in [4.78, 5) is 30.8. The lowest BCUT2D eigenvalue weighted by Crippen LogP contribution is -2.39. The number of hydrogen-bond acceptors (Lipinski definition) is 6. The third-order valence-corrected chi connectivity index (χ3v) is 8.04. The molecule has 2 aliphatic rings. The van der Waals surface area contributed by atoms with Crippen molar-refractivity contribution < 1.29 is 19.4 Å². The van der Waals surface area contributed by atoms with Crippen LogP contribution in [0.3, 0.4) is 0 Å². The standard InChI is InChI=1S/C30H24N2O5S/c1-36-23-9-5-8-22(27(23)37-2)26-21-15-14-18-6-3-4-7-20(18)25(21)31-30-32(26)28(33)24(38-30)16-17-10-12-19(13-11-17)29(34)35/h3-13,16,26H,14-15H2,1-2H3,(H,34,35). The number of aryl methyl sites for hydroxylation is 1. The second-order valence-corrected chi connectivity index (χ2v) is 10.1. The maximum Gasteiger partial charge on any atom is 0.335 e. The molecule has 0 amide bonds. The van der Waals surface area contributed by atoms with Crippen LogP contribution in [0.25, 0.3) is 11.8 Å². The van der Waals surface area contributed by atoms with Crippen LogP contribution in [0, 0.1) is 0 Å². The van der Waals surface area contributed by atoms with E-state index in [-0.39, 0.29) is 11.1 Å². The quantitative estimate of drug-likeness (QED) is 0.426. The summed E-state index contributed by atoms with van der Waals surface area (Å²) in [5, 5.41) is 9.21. The van der Waals surface area contributed by atoms with E-state index in [1.807, 2.05) is 30.3 Å². The van der Waals surface area contributed by atoms with Gasteiger partial charge in [-0.15, -0.1) is 0 Å². The number of allylic oxidation sites excluding steroid dienone is 1. The predicted molar refractivity (Wildman–Crippen MR) is 146 cm³/mol. The van der Waals surface area contributed by atoms with Crippen molar-refractivity contribution in [2.24, 2.45) is 4.99 Å². The van der Waals surface area contributed by atoms with Crippen LogP contribution in [0.4, 0.5) is 0 Å². The first kappa shape index (κ1) is 23.9. The third kappa shape index (κ3) is 3.85. The average Bonchev–Trinajstić information content (AvgIpc) is 3.25. The van der Waals surface area contributed by atoms with Gasteiger partial charge in [-0.2, -0.15) is 0 Å². The summed E-state index contributed by atoms with van der Waals surface area (Å²) in [5.74, 6) is 0.196. The second kappa shape index (κ2) is 9.46. The molecular formula is C30H24N2O5S. The van der Waals surface area contributed by atoms with Crippen LogP contribution in [-0.2, 0) is 6.42 Å². The molecule has 0 fully saturated rings. The summed E-state index contributed by atoms with van der Waals surface area (Å²) in [6.07, 6.45) is 3.40. The van der Waals surface area contributed by atoms with Gasteiger partial charge in [-0.3, -0.25) is 9.36 Å². The van der Waals surface area contributed by atoms with Crippen LogP contribution in [0.15, 0.2) is 82.1 Å². The van der Waals surface area contributed by atoms with Gasteiger partial charge in [-0.1, -0.05) is 59.9 Å². The lowest BCUT2D eigenvalue weighted by atomic mass is 9.83. The smallest absolute Gasteiger partial charge is 0.335 e. The molecule has 1 aromatic heterocycles. The van der Waals surface area contributed by atoms with E-state index in [9.17, 15) is 14.7 Å². The lowest BCUT2D eigenvalue weighted by Gasteiger charge is -2.31. The zero-order chi connectivity index (χ0) is 26.4. The van der Waals surface area contributed by atoms with E-state index in [1.54, 1.807) is 37.0 Å². The van der Waals surface area contributed by atoms with Crippen LogP contribution < -0.4 is 24.4 Å². The Kier molecular flexibility index (Phi) is 5.96. The van der Waals surface area contributed by atoms with E-state index in [1.165, 1.54) is 29.0 Å². The van der Waals surface area contributed by atoms with Gasteiger partial charge in [0.1, 0.15) is 0 Å². The number of thiazole rings is 1. The zero-order valence-electron chi connectivity index (χ0n) is 20.8. The molecule has 1 aliphatic carbocycles. The minimum Gasteiger partial charge on any atom is -0.493 e. The number of aromatic carboxylic acids is 1. The molecule has 6 rings (SSSR count). The Balaban J connectivity index is 1.61. The highest BCUT2D eigenvalue weighted by Gasteiger charge is 2.34. The molecule has 0 bridgehead atoms. The number of ether oxygens (including phenoxy) is 2. The van der Waals surface area contributed by atoms with Crippen LogP contribution in [0.2, 0.25) is 0 Å². The third-order valence-electron chi connectivity index (χ3n) is 7.06. The topological polar surface area (TPSA) is 90.1 Å². The summed E-state index contributed by atoms with van der Waals surface area (Å²) in [6.45, 7) is 0. The highest BCUT2D eigenvalue weighted by Crippen LogP contribution is 2.45. The van der Waals surface area contributed by atoms with Gasteiger partial charge in [0.25, 0.3) is 5.56 Å². The summed E-state index contributed by atoms with van der Waals surface area (Å²) in [7, 11) is 3.21. The molecule has 7 nitrogen and oxygen atoms in total. The molecule has 1 aliphatic heterocycles. The van der Waals surface area contributed by atoms with Crippen molar-refractivity contribution in [3.8, 4) is 11.5 Å². The Bertz CT molecular complexity index is 1800. The van der Waals surface area contributed by atoms with Crippen molar-refractivity contribution in [2.75, 3.05) is 14.2 Å². The molecule has 3 aromatic carbocycles. The van der Waals surface area contributed by atoms with Gasteiger partial charge < -0.3 is 14.6 Å². The van der Waals surface area contributed by atoms with Crippen molar-refractivity contribution >= 4 is 29.1 Å². The van der Waals surface area contributed by atoms with Crippen molar-refractivity contribution in [3.05, 3.63) is 120 Å². The predicted octanol–water partition coefficient (Wildman–Crippen LogP) is 4.03. The van der Waals surface area contributed by atoms with E-state index < -0.39 is 12.0 Å². The summed E-state index contributed by atoms with van der Waals surface area (Å²) >= 11 is 1.33. The van der Waals surface area contributed by atoms with E-state index in [0.29, 0.717) is 20.8 Å². The number of nitrogens with zero attached hydrogens (tertiary/aromatic N) is 2. The molecule has 4 aromatic rings.